The second-order valence-corrected chi connectivity index (χ2v) is 5.82. The summed E-state index contributed by atoms with van der Waals surface area (Å²) in [4.78, 5) is 5.87. The first kappa shape index (κ1) is 11.9. The quantitative estimate of drug-likeness (QED) is 0.894. The van der Waals surface area contributed by atoms with E-state index in [-0.39, 0.29) is 5.41 Å². The highest BCUT2D eigenvalue weighted by Gasteiger charge is 2.35. The molecule has 1 fully saturated rings. The summed E-state index contributed by atoms with van der Waals surface area (Å²) >= 11 is 1.69. The topological polar surface area (TPSA) is 53.6 Å². The molecule has 0 radical (unpaired) electrons. The number of H-pyrrole nitrogens is 1. The summed E-state index contributed by atoms with van der Waals surface area (Å²) in [5, 5.41) is 13.0. The van der Waals surface area contributed by atoms with E-state index in [1.54, 1.807) is 11.3 Å². The third kappa shape index (κ3) is 1.97. The zero-order valence-electron chi connectivity index (χ0n) is 10.6. The predicted molar refractivity (Wildman–Crippen MR) is 73.8 cm³/mol. The van der Waals surface area contributed by atoms with Crippen LogP contribution in [0.25, 0.3) is 10.7 Å². The minimum Gasteiger partial charge on any atom is -0.317 e. The van der Waals surface area contributed by atoms with Crippen molar-refractivity contribution in [2.24, 2.45) is 0 Å². The molecule has 1 saturated heterocycles. The Balaban J connectivity index is 1.92. The van der Waals surface area contributed by atoms with E-state index < -0.39 is 0 Å². The number of hydrogen-bond donors (Lipinski definition) is 2. The summed E-state index contributed by atoms with van der Waals surface area (Å²) in [5.41, 5.74) is 0.188. The Morgan fingerprint density at radius 1 is 1.39 bits per heavy atom. The monoisotopic (exact) mass is 262 g/mol. The third-order valence-corrected chi connectivity index (χ3v) is 4.83. The second-order valence-electron chi connectivity index (χ2n) is 4.87. The first-order chi connectivity index (χ1) is 8.84. The van der Waals surface area contributed by atoms with Gasteiger partial charge in [0.05, 0.1) is 4.88 Å². The fourth-order valence-corrected chi connectivity index (χ4v) is 3.34. The molecule has 0 bridgehead atoms. The Morgan fingerprint density at radius 3 is 2.89 bits per heavy atom. The van der Waals surface area contributed by atoms with Crippen LogP contribution < -0.4 is 5.32 Å². The number of aromatic amines is 1. The Kier molecular flexibility index (Phi) is 3.18. The number of aromatic nitrogens is 3. The molecule has 2 N–H and O–H groups in total. The molecule has 2 aromatic rings. The summed E-state index contributed by atoms with van der Waals surface area (Å²) in [6, 6.07) is 4.11. The van der Waals surface area contributed by atoms with Crippen molar-refractivity contribution < 1.29 is 0 Å². The van der Waals surface area contributed by atoms with Gasteiger partial charge in [-0.25, -0.2) is 4.98 Å². The minimum absolute atomic E-state index is 0.188. The van der Waals surface area contributed by atoms with Crippen LogP contribution in [0.3, 0.4) is 0 Å². The maximum absolute atomic E-state index is 4.74. The molecule has 1 aliphatic heterocycles. The highest BCUT2D eigenvalue weighted by atomic mass is 32.1. The first-order valence-corrected chi connectivity index (χ1v) is 7.39. The fourth-order valence-electron chi connectivity index (χ4n) is 2.68. The van der Waals surface area contributed by atoms with Crippen molar-refractivity contribution in [1.29, 1.82) is 0 Å². The van der Waals surface area contributed by atoms with Crippen molar-refractivity contribution in [2.75, 3.05) is 13.1 Å². The molecule has 0 unspecified atom stereocenters. The van der Waals surface area contributed by atoms with Crippen LogP contribution >= 0.6 is 11.3 Å². The number of thiophene rings is 1. The lowest BCUT2D eigenvalue weighted by Crippen LogP contribution is -2.40. The van der Waals surface area contributed by atoms with Crippen LogP contribution in [0.1, 0.15) is 32.0 Å². The van der Waals surface area contributed by atoms with Crippen LogP contribution in [0.15, 0.2) is 17.5 Å². The average Bonchev–Trinajstić information content (AvgIpc) is 3.10. The van der Waals surface area contributed by atoms with E-state index in [1.807, 2.05) is 6.07 Å². The number of nitrogens with one attached hydrogen (secondary N) is 2. The van der Waals surface area contributed by atoms with Gasteiger partial charge < -0.3 is 5.32 Å². The van der Waals surface area contributed by atoms with Gasteiger partial charge in [0.15, 0.2) is 5.82 Å². The van der Waals surface area contributed by atoms with Crippen molar-refractivity contribution in [1.82, 2.24) is 20.5 Å². The highest BCUT2D eigenvalue weighted by molar-refractivity contribution is 7.13. The van der Waals surface area contributed by atoms with E-state index >= 15 is 0 Å². The van der Waals surface area contributed by atoms with Crippen LogP contribution in [0.5, 0.6) is 0 Å². The number of piperidine rings is 1. The first-order valence-electron chi connectivity index (χ1n) is 6.51. The summed E-state index contributed by atoms with van der Waals surface area (Å²) in [5.74, 6) is 1.90. The molecule has 3 rings (SSSR count). The van der Waals surface area contributed by atoms with Gasteiger partial charge in [-0.3, -0.25) is 5.10 Å². The molecule has 0 aliphatic carbocycles. The molecule has 4 nitrogen and oxygen atoms in total. The van der Waals surface area contributed by atoms with Gasteiger partial charge in [0.2, 0.25) is 0 Å². The molecule has 0 aromatic carbocycles. The van der Waals surface area contributed by atoms with Crippen LogP contribution in [-0.2, 0) is 5.41 Å². The molecule has 2 aromatic heterocycles. The molecule has 0 saturated carbocycles. The van der Waals surface area contributed by atoms with Crippen molar-refractivity contribution in [3.8, 4) is 10.7 Å². The summed E-state index contributed by atoms with van der Waals surface area (Å²) < 4.78 is 0. The van der Waals surface area contributed by atoms with Crippen molar-refractivity contribution in [3.63, 3.8) is 0 Å². The Bertz CT molecular complexity index is 497. The lowest BCUT2D eigenvalue weighted by atomic mass is 9.76. The van der Waals surface area contributed by atoms with E-state index in [4.69, 9.17) is 4.98 Å². The molecule has 1 aliphatic rings. The number of nitrogens with zero attached hydrogens (tertiary/aromatic N) is 2. The third-order valence-electron chi connectivity index (χ3n) is 3.97. The van der Waals surface area contributed by atoms with Gasteiger partial charge in [0, 0.05) is 5.41 Å². The summed E-state index contributed by atoms with van der Waals surface area (Å²) in [6.45, 7) is 4.39. The molecule has 5 heteroatoms. The molecular weight excluding hydrogens is 244 g/mol. The molecular formula is C13H18N4S. The van der Waals surface area contributed by atoms with Gasteiger partial charge in [-0.15, -0.1) is 11.3 Å². The van der Waals surface area contributed by atoms with E-state index in [0.29, 0.717) is 0 Å². The Hall–Kier alpha value is -1.20. The van der Waals surface area contributed by atoms with Gasteiger partial charge in [-0.2, -0.15) is 5.10 Å². The van der Waals surface area contributed by atoms with Gasteiger partial charge in [-0.1, -0.05) is 13.0 Å². The van der Waals surface area contributed by atoms with Crippen molar-refractivity contribution >= 4 is 11.3 Å². The summed E-state index contributed by atoms with van der Waals surface area (Å²) in [6.07, 6.45) is 3.40. The molecule has 18 heavy (non-hydrogen) atoms. The zero-order valence-corrected chi connectivity index (χ0v) is 11.4. The van der Waals surface area contributed by atoms with E-state index in [1.165, 1.54) is 0 Å². The van der Waals surface area contributed by atoms with Crippen LogP contribution in [0.4, 0.5) is 0 Å². The molecule has 96 valence electrons. The zero-order chi connectivity index (χ0) is 12.4. The molecule has 3 heterocycles. The SMILES string of the molecule is CCC1(c2nc(-c3cccs3)n[nH]2)CCNCC1. The Morgan fingerprint density at radius 2 is 2.22 bits per heavy atom. The summed E-state index contributed by atoms with van der Waals surface area (Å²) in [7, 11) is 0. The molecule has 0 atom stereocenters. The maximum atomic E-state index is 4.74. The highest BCUT2D eigenvalue weighted by Crippen LogP contribution is 2.35. The van der Waals surface area contributed by atoms with Crippen LogP contribution in [0, 0.1) is 0 Å². The van der Waals surface area contributed by atoms with E-state index in [9.17, 15) is 0 Å². The van der Waals surface area contributed by atoms with E-state index in [0.717, 1.165) is 48.9 Å². The normalized spacial score (nSPS) is 18.9. The van der Waals surface area contributed by atoms with Crippen LogP contribution in [0.2, 0.25) is 0 Å². The lowest BCUT2D eigenvalue weighted by molar-refractivity contribution is 0.283. The second kappa shape index (κ2) is 4.82. The van der Waals surface area contributed by atoms with Crippen LogP contribution in [-0.4, -0.2) is 28.3 Å². The van der Waals surface area contributed by atoms with Gasteiger partial charge in [-0.05, 0) is 43.8 Å². The lowest BCUT2D eigenvalue weighted by Gasteiger charge is -2.34. The maximum Gasteiger partial charge on any atom is 0.191 e. The van der Waals surface area contributed by atoms with Gasteiger partial charge in [0.25, 0.3) is 0 Å². The van der Waals surface area contributed by atoms with Crippen molar-refractivity contribution in [3.05, 3.63) is 23.3 Å². The number of rotatable bonds is 3. The van der Waals surface area contributed by atoms with Gasteiger partial charge >= 0.3 is 0 Å². The Labute approximate surface area is 111 Å². The molecule has 0 spiro atoms. The van der Waals surface area contributed by atoms with Gasteiger partial charge in [0.1, 0.15) is 5.82 Å². The average molecular weight is 262 g/mol. The molecule has 0 amide bonds. The largest absolute Gasteiger partial charge is 0.317 e. The number of hydrogen-bond acceptors (Lipinski definition) is 4. The van der Waals surface area contributed by atoms with Crippen molar-refractivity contribution in [2.45, 2.75) is 31.6 Å². The minimum atomic E-state index is 0.188. The fraction of sp³-hybridized carbons (Fsp3) is 0.538. The predicted octanol–water partition coefficient (Wildman–Crippen LogP) is 2.56. The van der Waals surface area contributed by atoms with E-state index in [2.05, 4.69) is 33.9 Å². The smallest absolute Gasteiger partial charge is 0.191 e. The standard InChI is InChI=1S/C13H18N4S/c1-2-13(5-7-14-8-6-13)12-15-11(16-17-12)10-4-3-9-18-10/h3-4,9,14H,2,5-8H2,1H3,(H,15,16,17).